The minimum absolute atomic E-state index is 0. The van der Waals surface area contributed by atoms with E-state index in [-0.39, 0.29) is 53.1 Å². The fourth-order valence-corrected chi connectivity index (χ4v) is 4.45. The number of aliphatic hydroxyl groups excluding tert-OH is 1. The molecule has 0 aliphatic carbocycles. The molecule has 2 aliphatic heterocycles. The first kappa shape index (κ1) is 19.4. The largest absolute Gasteiger partial charge is 1.00 e. The first-order valence-corrected chi connectivity index (χ1v) is 8.28. The van der Waals surface area contributed by atoms with Gasteiger partial charge in [-0.3, -0.25) is 4.79 Å². The van der Waals surface area contributed by atoms with Crippen LogP contribution in [0.1, 0.15) is 19.5 Å². The van der Waals surface area contributed by atoms with Gasteiger partial charge >= 0.3 is 29.6 Å². The van der Waals surface area contributed by atoms with Crippen LogP contribution < -0.4 is 34.7 Å². The molecule has 7 nitrogen and oxygen atoms in total. The molecule has 1 aromatic rings. The molecule has 0 spiro atoms. The van der Waals surface area contributed by atoms with Crippen molar-refractivity contribution in [3.63, 3.8) is 0 Å². The zero-order chi connectivity index (χ0) is 16.7. The summed E-state index contributed by atoms with van der Waals surface area (Å²) in [6.07, 6.45) is 0.759. The number of hydrogen-bond acceptors (Lipinski definition) is 7. The third-order valence-electron chi connectivity index (χ3n) is 4.30. The van der Waals surface area contributed by atoms with Crippen molar-refractivity contribution < 1.29 is 49.4 Å². The fraction of sp³-hybridized carbons (Fsp3) is 0.467. The monoisotopic (exact) mass is 357 g/mol. The van der Waals surface area contributed by atoms with Gasteiger partial charge in [0, 0.05) is 22.8 Å². The van der Waals surface area contributed by atoms with Crippen LogP contribution in [0.5, 0.6) is 0 Å². The van der Waals surface area contributed by atoms with E-state index in [1.807, 2.05) is 6.92 Å². The van der Waals surface area contributed by atoms with E-state index in [4.69, 9.17) is 0 Å². The quantitative estimate of drug-likeness (QED) is 0.431. The van der Waals surface area contributed by atoms with Gasteiger partial charge in [-0.25, -0.2) is 0 Å². The van der Waals surface area contributed by atoms with E-state index in [0.717, 1.165) is 5.69 Å². The molecule has 4 atom stereocenters. The Bertz CT molecular complexity index is 683. The molecule has 0 aromatic carbocycles. The van der Waals surface area contributed by atoms with Gasteiger partial charge in [0.25, 0.3) is 0 Å². The Labute approximate surface area is 165 Å². The Morgan fingerprint density at radius 3 is 2.79 bits per heavy atom. The van der Waals surface area contributed by atoms with Crippen molar-refractivity contribution in [2.24, 2.45) is 11.8 Å². The first-order chi connectivity index (χ1) is 10.9. The molecule has 9 heteroatoms. The van der Waals surface area contributed by atoms with Crippen molar-refractivity contribution in [2.45, 2.75) is 31.7 Å². The van der Waals surface area contributed by atoms with Crippen molar-refractivity contribution in [3.05, 3.63) is 34.6 Å². The van der Waals surface area contributed by atoms with E-state index >= 15 is 0 Å². The minimum atomic E-state index is -1.36. The van der Waals surface area contributed by atoms with Gasteiger partial charge in [0.15, 0.2) is 0 Å². The van der Waals surface area contributed by atoms with Crippen LogP contribution in [0.2, 0.25) is 0 Å². The summed E-state index contributed by atoms with van der Waals surface area (Å²) in [7, 11) is 0. The number of rotatable bonds is 5. The van der Waals surface area contributed by atoms with E-state index in [9.17, 15) is 19.8 Å². The van der Waals surface area contributed by atoms with Crippen molar-refractivity contribution >= 4 is 23.6 Å². The predicted molar refractivity (Wildman–Crippen MR) is 80.3 cm³/mol. The second-order valence-electron chi connectivity index (χ2n) is 5.76. The molecular weight excluding hydrogens is 341 g/mol. The molecule has 3 rings (SSSR count). The summed E-state index contributed by atoms with van der Waals surface area (Å²) in [5.41, 5.74) is 0.654. The molecule has 1 saturated heterocycles. The van der Waals surface area contributed by atoms with Crippen LogP contribution in [-0.2, 0) is 15.3 Å². The average molecular weight is 357 g/mol. The van der Waals surface area contributed by atoms with Crippen LogP contribution in [0.15, 0.2) is 28.9 Å². The standard InChI is InChI=1S/C15H17N3O4S.Na/c1-7-11-10(8(2)19)14(20)18(11)12(15(21)22)13(7)23-6-9-4-3-5-16-17-9;/h3-5,7-8,10-11,19H,6H2,1-2H3,(H,21,22);/q;+1/p-1/t7-,8-,10-,11-;/m1./s1. The summed E-state index contributed by atoms with van der Waals surface area (Å²) < 4.78 is 0. The summed E-state index contributed by atoms with van der Waals surface area (Å²) in [4.78, 5) is 25.5. The maximum atomic E-state index is 12.2. The normalized spacial score (nSPS) is 26.5. The Morgan fingerprint density at radius 1 is 1.54 bits per heavy atom. The Morgan fingerprint density at radius 2 is 2.25 bits per heavy atom. The van der Waals surface area contributed by atoms with Crippen molar-refractivity contribution in [2.75, 3.05) is 0 Å². The minimum Gasteiger partial charge on any atom is -0.543 e. The van der Waals surface area contributed by atoms with Gasteiger partial charge in [-0.1, -0.05) is 6.92 Å². The second-order valence-corrected chi connectivity index (χ2v) is 6.78. The second kappa shape index (κ2) is 7.53. The van der Waals surface area contributed by atoms with Crippen LogP contribution in [0.25, 0.3) is 0 Å². The molecule has 0 unspecified atom stereocenters. The number of carbonyl (C=O) groups is 2. The van der Waals surface area contributed by atoms with E-state index in [1.54, 1.807) is 25.3 Å². The van der Waals surface area contributed by atoms with E-state index < -0.39 is 18.0 Å². The molecule has 0 bridgehead atoms. The number of thioether (sulfide) groups is 1. The molecule has 3 heterocycles. The van der Waals surface area contributed by atoms with Crippen LogP contribution in [0.4, 0.5) is 0 Å². The zero-order valence-electron chi connectivity index (χ0n) is 13.7. The summed E-state index contributed by atoms with van der Waals surface area (Å²) in [5, 5.41) is 29.0. The zero-order valence-corrected chi connectivity index (χ0v) is 16.5. The van der Waals surface area contributed by atoms with Gasteiger partial charge in [0.1, 0.15) is 0 Å². The van der Waals surface area contributed by atoms with Crippen LogP contribution in [0, 0.1) is 11.8 Å². The maximum Gasteiger partial charge on any atom is 1.00 e. The predicted octanol–water partition coefficient (Wildman–Crippen LogP) is -3.47. The first-order valence-electron chi connectivity index (χ1n) is 7.29. The number of fused-ring (bicyclic) bond motifs is 1. The average Bonchev–Trinajstić information content (AvgIpc) is 2.75. The van der Waals surface area contributed by atoms with Crippen LogP contribution in [-0.4, -0.2) is 44.2 Å². The Balaban J connectivity index is 0.00000208. The summed E-state index contributed by atoms with van der Waals surface area (Å²) in [6.45, 7) is 3.42. The summed E-state index contributed by atoms with van der Waals surface area (Å²) in [6, 6.07) is 3.24. The third-order valence-corrected chi connectivity index (χ3v) is 5.62. The summed E-state index contributed by atoms with van der Waals surface area (Å²) >= 11 is 1.33. The number of β-lactam (4-membered cyclic amide) rings is 1. The number of hydrogen-bond donors (Lipinski definition) is 1. The van der Waals surface area contributed by atoms with Crippen LogP contribution >= 0.6 is 11.8 Å². The number of carboxylic acids is 1. The SMILES string of the molecule is C[C@@H](O)[C@H]1C(=O)N2C(C(=O)[O-])=C(SCc3cccnn3)[C@H](C)[C@H]12.[Na+]. The van der Waals surface area contributed by atoms with Gasteiger partial charge < -0.3 is 19.9 Å². The molecule has 1 fully saturated rings. The van der Waals surface area contributed by atoms with E-state index in [0.29, 0.717) is 10.7 Å². The van der Waals surface area contributed by atoms with Crippen molar-refractivity contribution in [1.29, 1.82) is 0 Å². The van der Waals surface area contributed by atoms with E-state index in [2.05, 4.69) is 10.2 Å². The van der Waals surface area contributed by atoms with Crippen molar-refractivity contribution in [1.82, 2.24) is 15.1 Å². The Hall–Kier alpha value is -0.930. The third kappa shape index (κ3) is 3.13. The molecule has 1 aromatic heterocycles. The van der Waals surface area contributed by atoms with Gasteiger partial charge in [0.05, 0.1) is 35.4 Å². The molecule has 2 aliphatic rings. The molecule has 24 heavy (non-hydrogen) atoms. The van der Waals surface area contributed by atoms with Gasteiger partial charge in [-0.15, -0.1) is 11.8 Å². The molecule has 1 N–H and O–H groups in total. The number of carbonyl (C=O) groups excluding carboxylic acids is 2. The fourth-order valence-electron chi connectivity index (χ4n) is 3.27. The Kier molecular flexibility index (Phi) is 6.09. The molecule has 0 saturated carbocycles. The number of nitrogens with zero attached hydrogens (tertiary/aromatic N) is 3. The molecule has 1 amide bonds. The van der Waals surface area contributed by atoms with Crippen molar-refractivity contribution in [3.8, 4) is 0 Å². The number of aliphatic carboxylic acids is 1. The summed E-state index contributed by atoms with van der Waals surface area (Å²) in [5.74, 6) is -1.99. The molecule has 0 radical (unpaired) electrons. The maximum absolute atomic E-state index is 12.2. The number of aromatic nitrogens is 2. The number of amides is 1. The smallest absolute Gasteiger partial charge is 0.543 e. The van der Waals surface area contributed by atoms with Crippen LogP contribution in [0.3, 0.4) is 0 Å². The van der Waals surface area contributed by atoms with E-state index in [1.165, 1.54) is 16.7 Å². The van der Waals surface area contributed by atoms with Gasteiger partial charge in [-0.05, 0) is 19.1 Å². The van der Waals surface area contributed by atoms with Gasteiger partial charge in [-0.2, -0.15) is 10.2 Å². The number of carboxylic acid groups (broad SMARTS) is 1. The molecular formula is C15H16N3NaO4S. The van der Waals surface area contributed by atoms with Gasteiger partial charge in [0.2, 0.25) is 5.91 Å². The molecule has 122 valence electrons. The topological polar surface area (TPSA) is 106 Å². The number of aliphatic hydroxyl groups is 1.